The first-order valence-electron chi connectivity index (χ1n) is 5.68. The molecule has 0 aliphatic carbocycles. The number of rotatable bonds is 4. The van der Waals surface area contributed by atoms with Crippen molar-refractivity contribution < 1.29 is 9.59 Å². The summed E-state index contributed by atoms with van der Waals surface area (Å²) in [5, 5.41) is 4.86. The lowest BCUT2D eigenvalue weighted by molar-refractivity contribution is -0.126. The van der Waals surface area contributed by atoms with E-state index in [1.54, 1.807) is 23.3 Å². The molecule has 2 heterocycles. The summed E-state index contributed by atoms with van der Waals surface area (Å²) in [6, 6.07) is 3.90. The van der Waals surface area contributed by atoms with E-state index in [4.69, 9.17) is 0 Å². The van der Waals surface area contributed by atoms with Crippen LogP contribution in [0.2, 0.25) is 0 Å². The zero-order valence-corrected chi connectivity index (χ0v) is 10.6. The molecule has 1 saturated heterocycles. The summed E-state index contributed by atoms with van der Waals surface area (Å²) in [5.41, 5.74) is 0. The molecule has 0 aromatic carbocycles. The van der Waals surface area contributed by atoms with Gasteiger partial charge in [-0.25, -0.2) is 0 Å². The lowest BCUT2D eigenvalue weighted by atomic mass is 10.1. The average Bonchev–Trinajstić information content (AvgIpc) is 2.87. The number of carbonyl (C=O) groups is 2. The fourth-order valence-corrected chi connectivity index (χ4v) is 2.69. The van der Waals surface area contributed by atoms with Crippen molar-refractivity contribution in [2.75, 3.05) is 20.1 Å². The zero-order chi connectivity index (χ0) is 12.3. The van der Waals surface area contributed by atoms with Crippen molar-refractivity contribution in [2.45, 2.75) is 12.8 Å². The maximum atomic E-state index is 11.6. The fourth-order valence-electron chi connectivity index (χ4n) is 1.99. The van der Waals surface area contributed by atoms with Gasteiger partial charge in [0.1, 0.15) is 0 Å². The largest absolute Gasteiger partial charge is 0.355 e. The van der Waals surface area contributed by atoms with Crippen molar-refractivity contribution in [1.82, 2.24) is 10.2 Å². The Morgan fingerprint density at radius 2 is 2.47 bits per heavy atom. The lowest BCUT2D eigenvalue weighted by Gasteiger charge is -2.11. The Morgan fingerprint density at radius 1 is 1.65 bits per heavy atom. The SMILES string of the molecule is CN1CC(CNC(=O)Cc2cccs2)CC1=O. The van der Waals surface area contributed by atoms with Gasteiger partial charge in [0.25, 0.3) is 0 Å². The number of amides is 2. The number of thiophene rings is 1. The molecule has 1 fully saturated rings. The third-order valence-corrected chi connectivity index (χ3v) is 3.80. The Bertz CT molecular complexity index is 403. The van der Waals surface area contributed by atoms with Gasteiger partial charge in [0.15, 0.2) is 0 Å². The highest BCUT2D eigenvalue weighted by atomic mass is 32.1. The van der Waals surface area contributed by atoms with E-state index in [0.29, 0.717) is 19.4 Å². The third-order valence-electron chi connectivity index (χ3n) is 2.92. The van der Waals surface area contributed by atoms with Crippen LogP contribution in [-0.2, 0) is 16.0 Å². The highest BCUT2D eigenvalue weighted by molar-refractivity contribution is 7.10. The van der Waals surface area contributed by atoms with Crippen LogP contribution in [0.25, 0.3) is 0 Å². The average molecular weight is 252 g/mol. The summed E-state index contributed by atoms with van der Waals surface area (Å²) in [7, 11) is 1.80. The smallest absolute Gasteiger partial charge is 0.225 e. The number of hydrogen-bond acceptors (Lipinski definition) is 3. The van der Waals surface area contributed by atoms with Crippen molar-refractivity contribution in [2.24, 2.45) is 5.92 Å². The topological polar surface area (TPSA) is 49.4 Å². The predicted octanol–water partition coefficient (Wildman–Crippen LogP) is 0.885. The van der Waals surface area contributed by atoms with Crippen molar-refractivity contribution in [1.29, 1.82) is 0 Å². The van der Waals surface area contributed by atoms with E-state index >= 15 is 0 Å². The predicted molar refractivity (Wildman–Crippen MR) is 66.8 cm³/mol. The molecule has 0 bridgehead atoms. The van der Waals surface area contributed by atoms with Gasteiger partial charge >= 0.3 is 0 Å². The van der Waals surface area contributed by atoms with Crippen molar-refractivity contribution in [3.05, 3.63) is 22.4 Å². The Labute approximate surface area is 105 Å². The molecular formula is C12H16N2O2S. The summed E-state index contributed by atoms with van der Waals surface area (Å²) >= 11 is 1.59. The van der Waals surface area contributed by atoms with E-state index in [0.717, 1.165) is 11.4 Å². The summed E-state index contributed by atoms with van der Waals surface area (Å²) in [5.74, 6) is 0.469. The minimum absolute atomic E-state index is 0.0365. The monoisotopic (exact) mass is 252 g/mol. The normalized spacial score (nSPS) is 19.7. The maximum absolute atomic E-state index is 11.6. The van der Waals surface area contributed by atoms with Crippen LogP contribution in [0.1, 0.15) is 11.3 Å². The molecule has 1 aromatic heterocycles. The second-order valence-corrected chi connectivity index (χ2v) is 5.44. The van der Waals surface area contributed by atoms with Crippen molar-refractivity contribution in [3.63, 3.8) is 0 Å². The first kappa shape index (κ1) is 12.1. The number of hydrogen-bond donors (Lipinski definition) is 1. The van der Waals surface area contributed by atoms with Crippen LogP contribution < -0.4 is 5.32 Å². The minimum Gasteiger partial charge on any atom is -0.355 e. The maximum Gasteiger partial charge on any atom is 0.225 e. The van der Waals surface area contributed by atoms with Gasteiger partial charge in [-0.1, -0.05) is 6.07 Å². The van der Waals surface area contributed by atoms with Gasteiger partial charge in [0.05, 0.1) is 6.42 Å². The van der Waals surface area contributed by atoms with Crippen LogP contribution in [0.3, 0.4) is 0 Å². The second-order valence-electron chi connectivity index (χ2n) is 4.40. The molecule has 4 nitrogen and oxygen atoms in total. The zero-order valence-electron chi connectivity index (χ0n) is 9.81. The van der Waals surface area contributed by atoms with Crippen LogP contribution in [-0.4, -0.2) is 36.9 Å². The quantitative estimate of drug-likeness (QED) is 0.865. The molecule has 5 heteroatoms. The molecule has 1 unspecified atom stereocenters. The van der Waals surface area contributed by atoms with Crippen LogP contribution >= 0.6 is 11.3 Å². The van der Waals surface area contributed by atoms with Gasteiger partial charge in [0.2, 0.25) is 11.8 Å². The van der Waals surface area contributed by atoms with Crippen molar-refractivity contribution >= 4 is 23.2 Å². The molecule has 0 spiro atoms. The minimum atomic E-state index is 0.0365. The molecule has 0 saturated carbocycles. The first-order chi connectivity index (χ1) is 8.15. The summed E-state index contributed by atoms with van der Waals surface area (Å²) in [4.78, 5) is 25.7. The Hall–Kier alpha value is -1.36. The van der Waals surface area contributed by atoms with Crippen molar-refractivity contribution in [3.8, 4) is 0 Å². The van der Waals surface area contributed by atoms with Crippen LogP contribution in [0.5, 0.6) is 0 Å². The van der Waals surface area contributed by atoms with E-state index in [2.05, 4.69) is 5.32 Å². The van der Waals surface area contributed by atoms with E-state index in [-0.39, 0.29) is 17.7 Å². The Morgan fingerprint density at radius 3 is 3.06 bits per heavy atom. The first-order valence-corrected chi connectivity index (χ1v) is 6.56. The van der Waals surface area contributed by atoms with Gasteiger partial charge < -0.3 is 10.2 Å². The number of nitrogens with one attached hydrogen (secondary N) is 1. The van der Waals surface area contributed by atoms with Crippen LogP contribution in [0, 0.1) is 5.92 Å². The van der Waals surface area contributed by atoms with Gasteiger partial charge in [-0.3, -0.25) is 9.59 Å². The molecule has 92 valence electrons. The van der Waals surface area contributed by atoms with Gasteiger partial charge in [-0.15, -0.1) is 11.3 Å². The highest BCUT2D eigenvalue weighted by Gasteiger charge is 2.26. The van der Waals surface area contributed by atoms with E-state index in [9.17, 15) is 9.59 Å². The molecule has 1 aliphatic heterocycles. The van der Waals surface area contributed by atoms with E-state index in [1.165, 1.54) is 0 Å². The van der Waals surface area contributed by atoms with Gasteiger partial charge in [-0.05, 0) is 11.4 Å². The standard InChI is InChI=1S/C12H16N2O2S/c1-14-8-9(5-12(14)16)7-13-11(15)6-10-3-2-4-17-10/h2-4,9H,5-8H2,1H3,(H,13,15). The Kier molecular flexibility index (Phi) is 3.78. The van der Waals surface area contributed by atoms with Gasteiger partial charge in [-0.2, -0.15) is 0 Å². The summed E-state index contributed by atoms with van der Waals surface area (Å²) in [6.07, 6.45) is 0.990. The molecule has 17 heavy (non-hydrogen) atoms. The van der Waals surface area contributed by atoms with Gasteiger partial charge in [0, 0.05) is 37.4 Å². The summed E-state index contributed by atoms with van der Waals surface area (Å²) < 4.78 is 0. The second kappa shape index (κ2) is 5.31. The molecule has 1 aliphatic rings. The van der Waals surface area contributed by atoms with E-state index < -0.39 is 0 Å². The fraction of sp³-hybridized carbons (Fsp3) is 0.500. The van der Waals surface area contributed by atoms with Crippen LogP contribution in [0.15, 0.2) is 17.5 Å². The molecular weight excluding hydrogens is 236 g/mol. The molecule has 1 aromatic rings. The van der Waals surface area contributed by atoms with E-state index in [1.807, 2.05) is 17.5 Å². The summed E-state index contributed by atoms with van der Waals surface area (Å²) in [6.45, 7) is 1.35. The van der Waals surface area contributed by atoms with Crippen LogP contribution in [0.4, 0.5) is 0 Å². The Balaban J connectivity index is 1.72. The highest BCUT2D eigenvalue weighted by Crippen LogP contribution is 2.15. The number of carbonyl (C=O) groups excluding carboxylic acids is 2. The number of likely N-dealkylation sites (tertiary alicyclic amines) is 1. The number of nitrogens with zero attached hydrogens (tertiary/aromatic N) is 1. The molecule has 2 amide bonds. The molecule has 1 N–H and O–H groups in total. The third kappa shape index (κ3) is 3.30. The molecule has 2 rings (SSSR count). The lowest BCUT2D eigenvalue weighted by Crippen LogP contribution is -2.31. The molecule has 0 radical (unpaired) electrons. The molecule has 1 atom stereocenters.